The molecule has 0 radical (unpaired) electrons. The summed E-state index contributed by atoms with van der Waals surface area (Å²) in [7, 11) is -3.63. The Balaban J connectivity index is 2.12. The molecule has 2 aromatic rings. The van der Waals surface area contributed by atoms with Gasteiger partial charge in [-0.1, -0.05) is 23.7 Å². The summed E-state index contributed by atoms with van der Waals surface area (Å²) >= 11 is 5.65. The van der Waals surface area contributed by atoms with Crippen LogP contribution in [0.25, 0.3) is 0 Å². The van der Waals surface area contributed by atoms with Gasteiger partial charge in [0.2, 0.25) is 10.0 Å². The smallest absolute Gasteiger partial charge is 0.241 e. The Morgan fingerprint density at radius 3 is 2.53 bits per heavy atom. The topological polar surface area (TPSA) is 79.3 Å². The molecule has 0 atom stereocenters. The van der Waals surface area contributed by atoms with Crippen LogP contribution in [-0.4, -0.2) is 18.5 Å². The van der Waals surface area contributed by atoms with Gasteiger partial charge < -0.3 is 5.11 Å². The second-order valence-corrected chi connectivity index (χ2v) is 5.96. The maximum absolute atomic E-state index is 12.0. The summed E-state index contributed by atoms with van der Waals surface area (Å²) in [4.78, 5) is 3.79. The standard InChI is InChI=1S/C12H11ClN2O3S/c13-12-7-11(5-6-14-12)19(17,18)15-8-9-1-3-10(16)4-2-9/h1-7,15-16H,8H2. The molecule has 0 saturated heterocycles. The molecule has 7 heteroatoms. The number of aromatic hydroxyl groups is 1. The molecule has 1 aromatic carbocycles. The molecule has 2 rings (SSSR count). The van der Waals surface area contributed by atoms with E-state index < -0.39 is 10.0 Å². The molecule has 0 saturated carbocycles. The first-order chi connectivity index (χ1) is 8.97. The molecule has 1 heterocycles. The Kier molecular flexibility index (Phi) is 4.04. The van der Waals surface area contributed by atoms with E-state index in [0.717, 1.165) is 5.56 Å². The van der Waals surface area contributed by atoms with Gasteiger partial charge in [-0.3, -0.25) is 0 Å². The summed E-state index contributed by atoms with van der Waals surface area (Å²) in [6.45, 7) is 0.128. The van der Waals surface area contributed by atoms with Crippen LogP contribution in [0.5, 0.6) is 5.75 Å². The molecule has 0 aliphatic heterocycles. The van der Waals surface area contributed by atoms with Crippen LogP contribution in [0.15, 0.2) is 47.5 Å². The number of benzene rings is 1. The molecule has 0 spiro atoms. The number of rotatable bonds is 4. The molecular formula is C12H11ClN2O3S. The summed E-state index contributed by atoms with van der Waals surface area (Å²) in [5, 5.41) is 9.25. The van der Waals surface area contributed by atoms with Gasteiger partial charge in [-0.05, 0) is 29.8 Å². The number of pyridine rings is 1. The van der Waals surface area contributed by atoms with Crippen LogP contribution in [0.1, 0.15) is 5.56 Å². The predicted octanol–water partition coefficient (Wildman–Crippen LogP) is 1.92. The maximum Gasteiger partial charge on any atom is 0.241 e. The lowest BCUT2D eigenvalue weighted by Gasteiger charge is -2.07. The summed E-state index contributed by atoms with van der Waals surface area (Å²) < 4.78 is 26.4. The molecule has 2 N–H and O–H groups in total. The molecule has 0 fully saturated rings. The molecule has 0 aliphatic rings. The van der Waals surface area contributed by atoms with Crippen LogP contribution < -0.4 is 4.72 Å². The molecule has 0 bridgehead atoms. The summed E-state index contributed by atoms with van der Waals surface area (Å²) in [6, 6.07) is 8.90. The average Bonchev–Trinajstić information content (AvgIpc) is 2.38. The van der Waals surface area contributed by atoms with E-state index in [0.29, 0.717) is 0 Å². The van der Waals surface area contributed by atoms with Gasteiger partial charge in [0, 0.05) is 12.7 Å². The van der Waals surface area contributed by atoms with Crippen LogP contribution in [0, 0.1) is 0 Å². The molecule has 19 heavy (non-hydrogen) atoms. The van der Waals surface area contributed by atoms with Crippen molar-refractivity contribution in [3.63, 3.8) is 0 Å². The van der Waals surface area contributed by atoms with Gasteiger partial charge in [0.05, 0.1) is 4.90 Å². The zero-order chi connectivity index (χ0) is 13.9. The normalized spacial score (nSPS) is 11.4. The number of nitrogens with zero attached hydrogens (tertiary/aromatic N) is 1. The van der Waals surface area contributed by atoms with Crippen LogP contribution >= 0.6 is 11.6 Å². The lowest BCUT2D eigenvalue weighted by atomic mass is 10.2. The number of phenolic OH excluding ortho intramolecular Hbond substituents is 1. The lowest BCUT2D eigenvalue weighted by molar-refractivity contribution is 0.475. The lowest BCUT2D eigenvalue weighted by Crippen LogP contribution is -2.23. The van der Waals surface area contributed by atoms with E-state index in [9.17, 15) is 8.42 Å². The van der Waals surface area contributed by atoms with Crippen molar-refractivity contribution >= 4 is 21.6 Å². The van der Waals surface area contributed by atoms with Crippen molar-refractivity contribution in [3.05, 3.63) is 53.3 Å². The van der Waals surface area contributed by atoms with Crippen LogP contribution in [-0.2, 0) is 16.6 Å². The van der Waals surface area contributed by atoms with Crippen LogP contribution in [0.2, 0.25) is 5.15 Å². The second-order valence-electron chi connectivity index (χ2n) is 3.81. The van der Waals surface area contributed by atoms with E-state index in [1.165, 1.54) is 30.5 Å². The number of halogens is 1. The van der Waals surface area contributed by atoms with Gasteiger partial charge in [0.25, 0.3) is 0 Å². The van der Waals surface area contributed by atoms with Gasteiger partial charge in [-0.2, -0.15) is 0 Å². The molecule has 5 nitrogen and oxygen atoms in total. The van der Waals surface area contributed by atoms with E-state index in [2.05, 4.69) is 9.71 Å². The van der Waals surface area contributed by atoms with E-state index in [4.69, 9.17) is 16.7 Å². The number of aromatic nitrogens is 1. The van der Waals surface area contributed by atoms with Gasteiger partial charge in [-0.15, -0.1) is 0 Å². The number of hydrogen-bond donors (Lipinski definition) is 2. The number of hydrogen-bond acceptors (Lipinski definition) is 4. The molecule has 0 amide bonds. The first-order valence-electron chi connectivity index (χ1n) is 5.36. The zero-order valence-corrected chi connectivity index (χ0v) is 11.3. The summed E-state index contributed by atoms with van der Waals surface area (Å²) in [6.07, 6.45) is 1.33. The highest BCUT2D eigenvalue weighted by atomic mass is 35.5. The van der Waals surface area contributed by atoms with Crippen molar-refractivity contribution in [2.45, 2.75) is 11.4 Å². The summed E-state index contributed by atoms with van der Waals surface area (Å²) in [5.74, 6) is 0.132. The minimum Gasteiger partial charge on any atom is -0.508 e. The van der Waals surface area contributed by atoms with Crippen molar-refractivity contribution in [1.82, 2.24) is 9.71 Å². The van der Waals surface area contributed by atoms with Crippen molar-refractivity contribution in [3.8, 4) is 5.75 Å². The number of phenols is 1. The Morgan fingerprint density at radius 1 is 1.21 bits per heavy atom. The largest absolute Gasteiger partial charge is 0.508 e. The highest BCUT2D eigenvalue weighted by Crippen LogP contribution is 2.14. The Labute approximate surface area is 115 Å². The fraction of sp³-hybridized carbons (Fsp3) is 0.0833. The van der Waals surface area contributed by atoms with Gasteiger partial charge in [0.15, 0.2) is 0 Å². The van der Waals surface area contributed by atoms with Crippen molar-refractivity contribution in [2.24, 2.45) is 0 Å². The zero-order valence-electron chi connectivity index (χ0n) is 9.75. The highest BCUT2D eigenvalue weighted by Gasteiger charge is 2.14. The van der Waals surface area contributed by atoms with Crippen LogP contribution in [0.3, 0.4) is 0 Å². The highest BCUT2D eigenvalue weighted by molar-refractivity contribution is 7.89. The predicted molar refractivity (Wildman–Crippen MR) is 71.4 cm³/mol. The van der Waals surface area contributed by atoms with E-state index in [1.807, 2.05) is 0 Å². The quantitative estimate of drug-likeness (QED) is 0.845. The Morgan fingerprint density at radius 2 is 1.89 bits per heavy atom. The molecule has 100 valence electrons. The minimum absolute atomic E-state index is 0.0614. The van der Waals surface area contributed by atoms with Gasteiger partial charge >= 0.3 is 0 Å². The van der Waals surface area contributed by atoms with Crippen molar-refractivity contribution in [1.29, 1.82) is 0 Å². The average molecular weight is 299 g/mol. The Hall–Kier alpha value is -1.63. The third-order valence-corrected chi connectivity index (χ3v) is 4.02. The second kappa shape index (κ2) is 5.56. The fourth-order valence-electron chi connectivity index (χ4n) is 1.43. The van der Waals surface area contributed by atoms with Crippen LogP contribution in [0.4, 0.5) is 0 Å². The maximum atomic E-state index is 12.0. The third-order valence-electron chi connectivity index (χ3n) is 2.41. The molecule has 0 unspecified atom stereocenters. The minimum atomic E-state index is -3.63. The van der Waals surface area contributed by atoms with Gasteiger partial charge in [-0.25, -0.2) is 18.1 Å². The first kappa shape index (κ1) is 13.8. The van der Waals surface area contributed by atoms with E-state index >= 15 is 0 Å². The Bertz CT molecular complexity index is 672. The third kappa shape index (κ3) is 3.66. The van der Waals surface area contributed by atoms with Gasteiger partial charge in [0.1, 0.15) is 10.9 Å². The number of nitrogens with one attached hydrogen (secondary N) is 1. The van der Waals surface area contributed by atoms with E-state index in [1.54, 1.807) is 12.1 Å². The van der Waals surface area contributed by atoms with Crippen molar-refractivity contribution < 1.29 is 13.5 Å². The monoisotopic (exact) mass is 298 g/mol. The number of sulfonamides is 1. The SMILES string of the molecule is O=S(=O)(NCc1ccc(O)cc1)c1ccnc(Cl)c1. The summed E-state index contributed by atoms with van der Waals surface area (Å²) in [5.41, 5.74) is 0.738. The molecule has 1 aromatic heterocycles. The van der Waals surface area contributed by atoms with E-state index in [-0.39, 0.29) is 22.3 Å². The molecule has 0 aliphatic carbocycles. The molecular weight excluding hydrogens is 288 g/mol. The first-order valence-corrected chi connectivity index (χ1v) is 7.22. The van der Waals surface area contributed by atoms with Crippen molar-refractivity contribution in [2.75, 3.05) is 0 Å². The fourth-order valence-corrected chi connectivity index (χ4v) is 2.70.